The van der Waals surface area contributed by atoms with E-state index in [0.29, 0.717) is 6.61 Å². The van der Waals surface area contributed by atoms with Crippen molar-refractivity contribution in [2.45, 2.75) is 11.6 Å². The average molecular weight is 349 g/mol. The molecule has 2 N–H and O–H groups in total. The maximum atomic E-state index is 5.79. The molecule has 0 saturated carbocycles. The Bertz CT molecular complexity index is 849. The smallest absolute Gasteiger partial charge is 0.221 e. The van der Waals surface area contributed by atoms with Gasteiger partial charge in [0.25, 0.3) is 0 Å². The van der Waals surface area contributed by atoms with Crippen LogP contribution in [0.1, 0.15) is 16.8 Å². The molecule has 4 nitrogen and oxygen atoms in total. The van der Waals surface area contributed by atoms with Crippen LogP contribution < -0.4 is 10.5 Å². The van der Waals surface area contributed by atoms with Gasteiger partial charge < -0.3 is 10.5 Å². The lowest BCUT2D eigenvalue weighted by Crippen LogP contribution is -1.97. The summed E-state index contributed by atoms with van der Waals surface area (Å²) < 4.78 is 5.79. The average Bonchev–Trinajstić information content (AvgIpc) is 2.66. The number of thioether (sulfide) groups is 1. The van der Waals surface area contributed by atoms with E-state index in [1.54, 1.807) is 11.8 Å². The number of nitrogens with two attached hydrogens (primary N) is 1. The first kappa shape index (κ1) is 17.0. The molecule has 0 aliphatic rings. The minimum absolute atomic E-state index is 0.288. The van der Waals surface area contributed by atoms with E-state index < -0.39 is 0 Å². The van der Waals surface area contributed by atoms with Gasteiger partial charge in [-0.1, -0.05) is 48.5 Å². The molecule has 2 aromatic carbocycles. The quantitative estimate of drug-likeness (QED) is 0.523. The van der Waals surface area contributed by atoms with Crippen molar-refractivity contribution in [3.8, 4) is 5.75 Å². The van der Waals surface area contributed by atoms with Crippen molar-refractivity contribution < 1.29 is 4.74 Å². The molecule has 0 fully saturated rings. The first-order valence-corrected chi connectivity index (χ1v) is 9.09. The molecule has 0 spiro atoms. The van der Waals surface area contributed by atoms with Gasteiger partial charge in [-0.25, -0.2) is 9.97 Å². The number of ether oxygens (including phenoxy) is 1. The van der Waals surface area contributed by atoms with Gasteiger partial charge in [-0.2, -0.15) is 0 Å². The van der Waals surface area contributed by atoms with Crippen LogP contribution in [0.15, 0.2) is 65.7 Å². The lowest BCUT2D eigenvalue weighted by molar-refractivity contribution is 0.306. The standard InChI is InChI=1S/C20H19N3OS/c1-25-19-13-17(22-20(21)23-19)10-7-15-8-11-18(12-9-15)24-14-16-5-3-2-4-6-16/h2-13H,14H2,1H3,(H2,21,22,23)/b10-7+. The highest BCUT2D eigenvalue weighted by Gasteiger charge is 1.99. The summed E-state index contributed by atoms with van der Waals surface area (Å²) in [4.78, 5) is 8.36. The van der Waals surface area contributed by atoms with E-state index in [-0.39, 0.29) is 5.95 Å². The predicted molar refractivity (Wildman–Crippen MR) is 104 cm³/mol. The van der Waals surface area contributed by atoms with Crippen LogP contribution in [0, 0.1) is 0 Å². The fourth-order valence-electron chi connectivity index (χ4n) is 2.25. The Morgan fingerprint density at radius 2 is 1.76 bits per heavy atom. The Balaban J connectivity index is 1.63. The lowest BCUT2D eigenvalue weighted by Gasteiger charge is -2.06. The van der Waals surface area contributed by atoms with E-state index in [9.17, 15) is 0 Å². The van der Waals surface area contributed by atoms with Crippen LogP contribution in [0.3, 0.4) is 0 Å². The van der Waals surface area contributed by atoms with Gasteiger partial charge >= 0.3 is 0 Å². The number of hydrogen-bond acceptors (Lipinski definition) is 5. The Labute approximate surface area is 151 Å². The molecular weight excluding hydrogens is 330 g/mol. The number of nitrogens with zero attached hydrogens (tertiary/aromatic N) is 2. The second-order valence-electron chi connectivity index (χ2n) is 5.37. The minimum atomic E-state index is 0.288. The number of hydrogen-bond donors (Lipinski definition) is 1. The van der Waals surface area contributed by atoms with E-state index in [2.05, 4.69) is 9.97 Å². The Morgan fingerprint density at radius 1 is 1.00 bits per heavy atom. The second-order valence-corrected chi connectivity index (χ2v) is 6.20. The zero-order valence-electron chi connectivity index (χ0n) is 13.9. The molecular formula is C20H19N3OS. The maximum Gasteiger partial charge on any atom is 0.221 e. The molecule has 3 aromatic rings. The monoisotopic (exact) mass is 349 g/mol. The molecule has 3 rings (SSSR count). The van der Waals surface area contributed by atoms with Gasteiger partial charge in [-0.3, -0.25) is 0 Å². The summed E-state index contributed by atoms with van der Waals surface area (Å²) in [6.45, 7) is 0.563. The van der Waals surface area contributed by atoms with Crippen molar-refractivity contribution in [1.29, 1.82) is 0 Å². The maximum absolute atomic E-state index is 5.79. The summed E-state index contributed by atoms with van der Waals surface area (Å²) >= 11 is 1.54. The molecule has 0 unspecified atom stereocenters. The minimum Gasteiger partial charge on any atom is -0.489 e. The summed E-state index contributed by atoms with van der Waals surface area (Å²) in [6.07, 6.45) is 5.88. The van der Waals surface area contributed by atoms with Crippen molar-refractivity contribution in [2.75, 3.05) is 12.0 Å². The largest absolute Gasteiger partial charge is 0.489 e. The summed E-state index contributed by atoms with van der Waals surface area (Å²) in [5, 5.41) is 0.858. The first-order chi connectivity index (χ1) is 12.2. The molecule has 126 valence electrons. The van der Waals surface area contributed by atoms with Crippen molar-refractivity contribution in [1.82, 2.24) is 9.97 Å². The third kappa shape index (κ3) is 5.09. The van der Waals surface area contributed by atoms with E-state index in [1.807, 2.05) is 79.1 Å². The highest BCUT2D eigenvalue weighted by molar-refractivity contribution is 7.98. The normalized spacial score (nSPS) is 10.9. The topological polar surface area (TPSA) is 61.0 Å². The van der Waals surface area contributed by atoms with E-state index in [4.69, 9.17) is 10.5 Å². The third-order valence-electron chi connectivity index (χ3n) is 3.52. The van der Waals surface area contributed by atoms with Gasteiger partial charge in [0, 0.05) is 0 Å². The number of anilines is 1. The molecule has 0 saturated heterocycles. The molecule has 25 heavy (non-hydrogen) atoms. The zero-order valence-corrected chi connectivity index (χ0v) is 14.7. The van der Waals surface area contributed by atoms with Crippen LogP contribution in [-0.2, 0) is 6.61 Å². The predicted octanol–water partition coefficient (Wildman–Crippen LogP) is 4.53. The second kappa shape index (κ2) is 8.35. The number of aromatic nitrogens is 2. The van der Waals surface area contributed by atoms with Crippen molar-refractivity contribution in [3.63, 3.8) is 0 Å². The van der Waals surface area contributed by atoms with Gasteiger partial charge in [0.1, 0.15) is 17.4 Å². The van der Waals surface area contributed by atoms with E-state index in [1.165, 1.54) is 0 Å². The third-order valence-corrected chi connectivity index (χ3v) is 4.15. The molecule has 0 aliphatic heterocycles. The fraction of sp³-hybridized carbons (Fsp3) is 0.100. The summed E-state index contributed by atoms with van der Waals surface area (Å²) in [5.74, 6) is 1.13. The Kier molecular flexibility index (Phi) is 5.69. The van der Waals surface area contributed by atoms with Gasteiger partial charge in [0.15, 0.2) is 0 Å². The molecule has 0 radical (unpaired) electrons. The molecule has 0 amide bonds. The van der Waals surface area contributed by atoms with Crippen LogP contribution in [0.2, 0.25) is 0 Å². The van der Waals surface area contributed by atoms with E-state index >= 15 is 0 Å². The fourth-order valence-corrected chi connectivity index (χ4v) is 2.67. The molecule has 5 heteroatoms. The van der Waals surface area contributed by atoms with Gasteiger partial charge in [0.05, 0.1) is 5.69 Å². The molecule has 0 bridgehead atoms. The van der Waals surface area contributed by atoms with Crippen LogP contribution in [0.5, 0.6) is 5.75 Å². The van der Waals surface area contributed by atoms with Gasteiger partial charge in [-0.15, -0.1) is 11.8 Å². The molecule has 0 atom stereocenters. The molecule has 1 heterocycles. The van der Waals surface area contributed by atoms with Crippen molar-refractivity contribution in [3.05, 3.63) is 77.5 Å². The Morgan fingerprint density at radius 3 is 2.48 bits per heavy atom. The summed E-state index contributed by atoms with van der Waals surface area (Å²) in [5.41, 5.74) is 8.73. The number of benzene rings is 2. The van der Waals surface area contributed by atoms with Gasteiger partial charge in [-0.05, 0) is 41.7 Å². The Hall–Kier alpha value is -2.79. The SMILES string of the molecule is CSc1cc(/C=C/c2ccc(OCc3ccccc3)cc2)nc(N)n1. The number of rotatable bonds is 6. The summed E-state index contributed by atoms with van der Waals surface area (Å²) in [6, 6.07) is 20.0. The van der Waals surface area contributed by atoms with Crippen LogP contribution in [0.4, 0.5) is 5.95 Å². The lowest BCUT2D eigenvalue weighted by atomic mass is 10.2. The van der Waals surface area contributed by atoms with Crippen molar-refractivity contribution >= 4 is 29.9 Å². The van der Waals surface area contributed by atoms with Crippen LogP contribution in [-0.4, -0.2) is 16.2 Å². The molecule has 0 aliphatic carbocycles. The van der Waals surface area contributed by atoms with Crippen LogP contribution in [0.25, 0.3) is 12.2 Å². The highest BCUT2D eigenvalue weighted by Crippen LogP contribution is 2.18. The summed E-state index contributed by atoms with van der Waals surface area (Å²) in [7, 11) is 0. The first-order valence-electron chi connectivity index (χ1n) is 7.86. The zero-order chi connectivity index (χ0) is 17.5. The van der Waals surface area contributed by atoms with E-state index in [0.717, 1.165) is 27.6 Å². The van der Waals surface area contributed by atoms with Crippen LogP contribution >= 0.6 is 11.8 Å². The number of nitrogen functional groups attached to an aromatic ring is 1. The van der Waals surface area contributed by atoms with Crippen molar-refractivity contribution in [2.24, 2.45) is 0 Å². The highest BCUT2D eigenvalue weighted by atomic mass is 32.2. The molecule has 1 aromatic heterocycles. The van der Waals surface area contributed by atoms with Gasteiger partial charge in [0.2, 0.25) is 5.95 Å².